The van der Waals surface area contributed by atoms with Crippen molar-refractivity contribution in [3.8, 4) is 0 Å². The average molecular weight is 543 g/mol. The minimum Gasteiger partial charge on any atom is -0.444 e. The number of nitrogens with one attached hydrogen (secondary N) is 2. The largest absolute Gasteiger partial charge is 0.444 e. The Balaban J connectivity index is 1.75. The predicted octanol–water partition coefficient (Wildman–Crippen LogP) is 4.82. The summed E-state index contributed by atoms with van der Waals surface area (Å²) in [7, 11) is 1.64. The van der Waals surface area contributed by atoms with E-state index in [4.69, 9.17) is 4.74 Å². The number of carbonyl (C=O) groups excluding carboxylic acids is 4. The lowest BCUT2D eigenvalue weighted by Gasteiger charge is -2.42. The summed E-state index contributed by atoms with van der Waals surface area (Å²) >= 11 is 0. The van der Waals surface area contributed by atoms with Crippen LogP contribution in [0.25, 0.3) is 0 Å². The second-order valence-electron chi connectivity index (χ2n) is 11.3. The first kappa shape index (κ1) is 29.9. The molecule has 2 N–H and O–H groups in total. The number of hydrogen-bond acceptors (Lipinski definition) is 5. The van der Waals surface area contributed by atoms with E-state index in [1.165, 1.54) is 18.2 Å². The summed E-state index contributed by atoms with van der Waals surface area (Å²) in [6.45, 7) is 13.1. The normalized spacial score (nSPS) is 15.1. The molecule has 2 aromatic rings. The lowest BCUT2D eigenvalue weighted by Crippen LogP contribution is -2.57. The van der Waals surface area contributed by atoms with E-state index >= 15 is 0 Å². The van der Waals surface area contributed by atoms with Crippen molar-refractivity contribution in [1.29, 1.82) is 0 Å². The number of benzene rings is 1. The van der Waals surface area contributed by atoms with Gasteiger partial charge in [-0.05, 0) is 90.1 Å². The number of anilines is 1. The van der Waals surface area contributed by atoms with Crippen molar-refractivity contribution in [3.05, 3.63) is 52.1 Å². The van der Waals surface area contributed by atoms with Gasteiger partial charge in [0.1, 0.15) is 11.4 Å². The van der Waals surface area contributed by atoms with Gasteiger partial charge in [0.25, 0.3) is 17.6 Å². The van der Waals surface area contributed by atoms with Crippen molar-refractivity contribution in [3.63, 3.8) is 0 Å². The number of aromatic nitrogens is 1. The van der Waals surface area contributed by atoms with E-state index in [2.05, 4.69) is 10.6 Å². The molecule has 1 saturated heterocycles. The Morgan fingerprint density at radius 1 is 1.08 bits per heavy atom. The maximum Gasteiger partial charge on any atom is 0.410 e. The quantitative estimate of drug-likeness (QED) is 0.402. The monoisotopic (exact) mass is 542 g/mol. The number of aryl methyl sites for hydroxylation is 1. The third-order valence-corrected chi connectivity index (χ3v) is 7.42. The van der Waals surface area contributed by atoms with Gasteiger partial charge in [-0.2, -0.15) is 0 Å². The molecule has 3 amide bonds. The van der Waals surface area contributed by atoms with Crippen molar-refractivity contribution in [2.45, 2.75) is 78.9 Å². The van der Waals surface area contributed by atoms with Gasteiger partial charge in [-0.1, -0.05) is 6.92 Å². The first-order chi connectivity index (χ1) is 18.1. The molecule has 0 atom stereocenters. The second-order valence-corrected chi connectivity index (χ2v) is 11.3. The molecule has 1 fully saturated rings. The van der Waals surface area contributed by atoms with E-state index in [0.717, 1.165) is 0 Å². The number of ether oxygens (including phenoxy) is 1. The van der Waals surface area contributed by atoms with Gasteiger partial charge < -0.3 is 24.8 Å². The number of carbonyl (C=O) groups is 4. The molecule has 39 heavy (non-hydrogen) atoms. The number of nitrogens with zero attached hydrogens (tertiary/aromatic N) is 2. The van der Waals surface area contributed by atoms with Crippen LogP contribution in [0.4, 0.5) is 14.9 Å². The topological polar surface area (TPSA) is 110 Å². The molecule has 0 unspecified atom stereocenters. The van der Waals surface area contributed by atoms with Crippen molar-refractivity contribution < 1.29 is 28.3 Å². The highest BCUT2D eigenvalue weighted by molar-refractivity contribution is 6.43. The fraction of sp³-hybridized carbons (Fsp3) is 0.517. The molecule has 9 nitrogen and oxygen atoms in total. The van der Waals surface area contributed by atoms with Gasteiger partial charge in [-0.15, -0.1) is 0 Å². The van der Waals surface area contributed by atoms with E-state index in [1.54, 1.807) is 37.3 Å². The maximum atomic E-state index is 13.6. The number of halogens is 1. The molecule has 212 valence electrons. The molecule has 1 aromatic heterocycles. The van der Waals surface area contributed by atoms with Crippen LogP contribution in [0, 0.1) is 26.6 Å². The summed E-state index contributed by atoms with van der Waals surface area (Å²) in [5, 5.41) is 5.69. The van der Waals surface area contributed by atoms with E-state index in [0.29, 0.717) is 54.9 Å². The van der Waals surface area contributed by atoms with Crippen LogP contribution < -0.4 is 10.6 Å². The highest BCUT2D eigenvalue weighted by atomic mass is 19.1. The van der Waals surface area contributed by atoms with E-state index in [1.807, 2.05) is 27.7 Å². The Morgan fingerprint density at radius 3 is 2.23 bits per heavy atom. The number of piperidine rings is 1. The van der Waals surface area contributed by atoms with Crippen molar-refractivity contribution in [2.24, 2.45) is 7.05 Å². The molecule has 1 aliphatic rings. The summed E-state index contributed by atoms with van der Waals surface area (Å²) in [6, 6.07) is 4.26. The highest BCUT2D eigenvalue weighted by Gasteiger charge is 2.39. The van der Waals surface area contributed by atoms with Crippen LogP contribution in [0.1, 0.15) is 84.6 Å². The van der Waals surface area contributed by atoms with Crippen molar-refractivity contribution in [2.75, 3.05) is 18.4 Å². The number of likely N-dealkylation sites (tertiary alicyclic amines) is 1. The number of amides is 3. The fourth-order valence-electron chi connectivity index (χ4n) is 4.97. The first-order valence-corrected chi connectivity index (χ1v) is 13.2. The van der Waals surface area contributed by atoms with Crippen molar-refractivity contribution in [1.82, 2.24) is 14.8 Å². The average Bonchev–Trinajstić information content (AvgIpc) is 3.07. The fourth-order valence-corrected chi connectivity index (χ4v) is 4.97. The lowest BCUT2D eigenvalue weighted by atomic mass is 9.84. The van der Waals surface area contributed by atoms with Gasteiger partial charge in [0.15, 0.2) is 0 Å². The van der Waals surface area contributed by atoms with Gasteiger partial charge >= 0.3 is 6.09 Å². The lowest BCUT2D eigenvalue weighted by molar-refractivity contribution is -0.119. The third kappa shape index (κ3) is 6.49. The summed E-state index contributed by atoms with van der Waals surface area (Å²) < 4.78 is 20.6. The van der Waals surface area contributed by atoms with Crippen LogP contribution in [0.2, 0.25) is 0 Å². The van der Waals surface area contributed by atoms with Gasteiger partial charge in [-0.25, -0.2) is 9.18 Å². The number of ketones is 1. The summed E-state index contributed by atoms with van der Waals surface area (Å²) in [5.74, 6) is -2.32. The molecular weight excluding hydrogens is 503 g/mol. The molecule has 10 heteroatoms. The Kier molecular flexibility index (Phi) is 8.57. The van der Waals surface area contributed by atoms with Gasteiger partial charge in [0, 0.05) is 37.1 Å². The summed E-state index contributed by atoms with van der Waals surface area (Å²) in [6.07, 6.45) is 1.16. The predicted molar refractivity (Wildman–Crippen MR) is 147 cm³/mol. The number of hydrogen-bond donors (Lipinski definition) is 2. The van der Waals surface area contributed by atoms with Crippen LogP contribution in [-0.4, -0.2) is 57.4 Å². The SMILES string of the molecule is CCC1(NC(=O)C(=O)c2c(C)c(C(=O)Nc3ccc(F)c(C)c3)c(C)n2C)CCN(C(=O)OC(C)(C)C)CC1. The van der Waals surface area contributed by atoms with Crippen molar-refractivity contribution >= 4 is 29.4 Å². The third-order valence-electron chi connectivity index (χ3n) is 7.42. The smallest absolute Gasteiger partial charge is 0.410 e. The highest BCUT2D eigenvalue weighted by Crippen LogP contribution is 2.28. The van der Waals surface area contributed by atoms with Gasteiger partial charge in [0.2, 0.25) is 0 Å². The van der Waals surface area contributed by atoms with Crippen LogP contribution in [0.15, 0.2) is 18.2 Å². The van der Waals surface area contributed by atoms with Gasteiger partial charge in [-0.3, -0.25) is 14.4 Å². The molecule has 3 rings (SSSR count). The molecular formula is C29H39FN4O5. The minimum absolute atomic E-state index is 0.128. The molecule has 2 heterocycles. The Hall–Kier alpha value is -3.69. The first-order valence-electron chi connectivity index (χ1n) is 13.2. The van der Waals surface area contributed by atoms with E-state index < -0.39 is 34.8 Å². The zero-order valence-electron chi connectivity index (χ0n) is 24.1. The van der Waals surface area contributed by atoms with E-state index in [9.17, 15) is 23.6 Å². The van der Waals surface area contributed by atoms with Crippen LogP contribution in [0.5, 0.6) is 0 Å². The van der Waals surface area contributed by atoms with Crippen LogP contribution in [0.3, 0.4) is 0 Å². The molecule has 0 aliphatic carbocycles. The van der Waals surface area contributed by atoms with Gasteiger partial charge in [0.05, 0.1) is 11.3 Å². The number of Topliss-reactive ketones (excluding diaryl/α,β-unsaturated/α-hetero) is 1. The van der Waals surface area contributed by atoms with E-state index in [-0.39, 0.29) is 17.1 Å². The zero-order valence-corrected chi connectivity index (χ0v) is 24.1. The Labute approximate surface area is 229 Å². The molecule has 0 spiro atoms. The Bertz CT molecular complexity index is 1300. The minimum atomic E-state index is -0.757. The zero-order chi connectivity index (χ0) is 29.3. The summed E-state index contributed by atoms with van der Waals surface area (Å²) in [4.78, 5) is 53.8. The molecule has 1 aromatic carbocycles. The van der Waals surface area contributed by atoms with Crippen LogP contribution in [-0.2, 0) is 16.6 Å². The molecule has 0 bridgehead atoms. The maximum absolute atomic E-state index is 13.6. The second kappa shape index (κ2) is 11.2. The molecule has 0 radical (unpaired) electrons. The standard InChI is InChI=1S/C29H39FN4O5/c1-9-29(12-14-34(15-13-29)27(38)39-28(5,6)7)32-26(37)24(35)23-18(3)22(19(4)33(23)8)25(36)31-20-10-11-21(30)17(2)16-20/h10-11,16H,9,12-15H2,1-8H3,(H,31,36)(H,32,37). The summed E-state index contributed by atoms with van der Waals surface area (Å²) in [5.41, 5.74) is 0.899. The van der Waals surface area contributed by atoms with Crippen LogP contribution >= 0.6 is 0 Å². The number of rotatable bonds is 6. The Morgan fingerprint density at radius 2 is 1.69 bits per heavy atom. The molecule has 1 aliphatic heterocycles. The molecule has 0 saturated carbocycles.